The van der Waals surface area contributed by atoms with E-state index >= 15 is 0 Å². The summed E-state index contributed by atoms with van der Waals surface area (Å²) < 4.78 is 47.5. The van der Waals surface area contributed by atoms with Gasteiger partial charge in [-0.1, -0.05) is 53.2 Å². The minimum absolute atomic E-state index is 0.0338. The van der Waals surface area contributed by atoms with Crippen LogP contribution in [0.4, 0.5) is 0 Å². The molecule has 452 valence electrons. The molecule has 0 unspecified atom stereocenters. The van der Waals surface area contributed by atoms with E-state index in [4.69, 9.17) is 37.9 Å². The van der Waals surface area contributed by atoms with Gasteiger partial charge in [0.15, 0.2) is 25.2 Å². The van der Waals surface area contributed by atoms with E-state index in [1.54, 1.807) is 13.8 Å². The van der Waals surface area contributed by atoms with Crippen LogP contribution in [0.2, 0.25) is 0 Å². The fourth-order valence-corrected chi connectivity index (χ4v) is 15.6. The molecule has 0 bridgehead atoms. The largest absolute Gasteiger partial charge is 0.394 e. The molecular formula is C54H92O24. The third-order valence-electron chi connectivity index (χ3n) is 20.8. The Kier molecular flexibility index (Phi) is 19.1. The standard InChI is InChI=1S/C54H92O24/c1-22(9-13-33(51(4,5)70)77-49-45(41(66)36(61)28(20-57)74-49)78-48-44(69)39(64)35(60)27(19-56)73-48)23-15-16-52(6)30-12-10-24-25(54(30,8)31(58)17-53(23,52)7)11-14-32(50(24,2)3)76-47-43(68)40(65)37(62)29(75-47)21-71-46-42(67)38(63)34(59)26(18-55)72-46/h10,22-23,25-49,55-70H,9,11-21H2,1-8H3/t22-,23+,25+,26+,27+,28+,29+,30-,31+,32-,33+,34+,35+,36+,37+,38-,39-,40-,41-,42+,43+,44+,45+,46+,47-,48-,49-,52-,53+,54-/m0/s1. The van der Waals surface area contributed by atoms with Crippen LogP contribution in [0.5, 0.6) is 0 Å². The second-order valence-electron chi connectivity index (χ2n) is 25.9. The van der Waals surface area contributed by atoms with E-state index in [-0.39, 0.29) is 40.9 Å². The molecule has 4 saturated heterocycles. The SMILES string of the molecule is C[C@@H](CC[C@@H](O[C@@H]1O[C@H](CO)[C@@H](O)[C@H](O)[C@H]1O[C@@H]1O[C@H](CO)[C@@H](O)[C@H](O)[C@H]1O)C(C)(C)O)[C@H]1CC[C@@]2(C)[C@@H]3CC=C4[C@@H](CC[C@H](O[C@@H]5O[C@H](CO[C@@H]6O[C@H](CO)[C@@H](O)[C@H](O)[C@H]6O)[C@@H](O)[C@H](O)[C@H]5O)C4(C)C)[C@]3(C)[C@H](O)C[C@]12C. The van der Waals surface area contributed by atoms with Crippen LogP contribution in [0, 0.1) is 45.3 Å². The highest BCUT2D eigenvalue weighted by molar-refractivity contribution is 5.32. The summed E-state index contributed by atoms with van der Waals surface area (Å²) in [6.45, 7) is 13.6. The van der Waals surface area contributed by atoms with Gasteiger partial charge in [0.25, 0.3) is 0 Å². The lowest BCUT2D eigenvalue weighted by Crippen LogP contribution is -2.65. The quantitative estimate of drug-likeness (QED) is 0.0637. The van der Waals surface area contributed by atoms with Gasteiger partial charge >= 0.3 is 0 Å². The van der Waals surface area contributed by atoms with Gasteiger partial charge in [0.1, 0.15) is 97.7 Å². The van der Waals surface area contributed by atoms with Crippen molar-refractivity contribution in [3.8, 4) is 0 Å². The molecule has 24 nitrogen and oxygen atoms in total. The molecule has 4 heterocycles. The summed E-state index contributed by atoms with van der Waals surface area (Å²) in [5, 5.41) is 172. The molecule has 16 N–H and O–H groups in total. The number of allylic oxidation sites excluding steroid dienone is 1. The summed E-state index contributed by atoms with van der Waals surface area (Å²) in [5.41, 5.74) is -2.12. The van der Waals surface area contributed by atoms with Crippen molar-refractivity contribution in [3.05, 3.63) is 11.6 Å². The van der Waals surface area contributed by atoms with Gasteiger partial charge in [0.2, 0.25) is 0 Å². The first-order chi connectivity index (χ1) is 36.4. The highest BCUT2D eigenvalue weighted by Gasteiger charge is 2.70. The molecule has 0 radical (unpaired) electrons. The highest BCUT2D eigenvalue weighted by atomic mass is 16.8. The normalized spacial score (nSPS) is 51.4. The molecule has 7 fully saturated rings. The molecule has 0 amide bonds. The van der Waals surface area contributed by atoms with Crippen LogP contribution >= 0.6 is 0 Å². The molecule has 0 spiro atoms. The molecule has 3 saturated carbocycles. The Balaban J connectivity index is 0.940. The Hall–Kier alpha value is -1.22. The molecule has 8 rings (SSSR count). The number of aliphatic hydroxyl groups is 16. The second-order valence-corrected chi connectivity index (χ2v) is 25.9. The van der Waals surface area contributed by atoms with Crippen LogP contribution in [0.1, 0.15) is 107 Å². The van der Waals surface area contributed by atoms with Crippen molar-refractivity contribution in [3.63, 3.8) is 0 Å². The number of hydrogen-bond acceptors (Lipinski definition) is 24. The molecule has 24 heteroatoms. The summed E-state index contributed by atoms with van der Waals surface area (Å²) in [5.74, 6) is 0.236. The summed E-state index contributed by atoms with van der Waals surface area (Å²) >= 11 is 0. The van der Waals surface area contributed by atoms with Crippen molar-refractivity contribution in [1.82, 2.24) is 0 Å². The molecule has 30 atom stereocenters. The Morgan fingerprint density at radius 3 is 1.65 bits per heavy atom. The van der Waals surface area contributed by atoms with Crippen molar-refractivity contribution in [1.29, 1.82) is 0 Å². The number of ether oxygens (including phenoxy) is 8. The van der Waals surface area contributed by atoms with Gasteiger partial charge in [-0.15, -0.1) is 0 Å². The molecule has 4 aliphatic heterocycles. The van der Waals surface area contributed by atoms with E-state index in [0.29, 0.717) is 32.1 Å². The zero-order valence-corrected chi connectivity index (χ0v) is 46.1. The monoisotopic (exact) mass is 1120 g/mol. The van der Waals surface area contributed by atoms with E-state index in [1.165, 1.54) is 0 Å². The van der Waals surface area contributed by atoms with Gasteiger partial charge in [-0.3, -0.25) is 0 Å². The number of rotatable bonds is 17. The fraction of sp³-hybridized carbons (Fsp3) is 0.963. The van der Waals surface area contributed by atoms with Gasteiger partial charge in [-0.25, -0.2) is 0 Å². The topological polar surface area (TPSA) is 398 Å². The van der Waals surface area contributed by atoms with Crippen molar-refractivity contribution in [2.45, 2.75) is 253 Å². The van der Waals surface area contributed by atoms with Crippen LogP contribution in [0.25, 0.3) is 0 Å². The molecular weight excluding hydrogens is 1030 g/mol. The molecule has 0 aromatic heterocycles. The van der Waals surface area contributed by atoms with Crippen LogP contribution in [-0.4, -0.2) is 255 Å². The Labute approximate surface area is 455 Å². The maximum absolute atomic E-state index is 12.7. The maximum atomic E-state index is 12.7. The van der Waals surface area contributed by atoms with Crippen LogP contribution in [0.3, 0.4) is 0 Å². The molecule has 78 heavy (non-hydrogen) atoms. The maximum Gasteiger partial charge on any atom is 0.187 e. The Morgan fingerprint density at radius 2 is 1.09 bits per heavy atom. The minimum Gasteiger partial charge on any atom is -0.394 e. The zero-order valence-electron chi connectivity index (χ0n) is 46.1. The van der Waals surface area contributed by atoms with E-state index in [2.05, 4.69) is 47.6 Å². The predicted octanol–water partition coefficient (Wildman–Crippen LogP) is -3.23. The fourth-order valence-electron chi connectivity index (χ4n) is 15.6. The average Bonchev–Trinajstić information content (AvgIpc) is 2.93. The molecule has 8 aliphatic rings. The lowest BCUT2D eigenvalue weighted by atomic mass is 9.38. The first-order valence-corrected chi connectivity index (χ1v) is 28.0. The van der Waals surface area contributed by atoms with Crippen molar-refractivity contribution < 1.29 is 120 Å². The summed E-state index contributed by atoms with van der Waals surface area (Å²) in [7, 11) is 0. The first-order valence-electron chi connectivity index (χ1n) is 28.0. The van der Waals surface area contributed by atoms with Gasteiger partial charge in [-0.2, -0.15) is 0 Å². The smallest absolute Gasteiger partial charge is 0.187 e. The Bertz CT molecular complexity index is 2030. The summed E-state index contributed by atoms with van der Waals surface area (Å²) in [4.78, 5) is 0. The summed E-state index contributed by atoms with van der Waals surface area (Å²) in [6, 6.07) is 0. The number of fused-ring (bicyclic) bond motifs is 5. The molecule has 4 aliphatic carbocycles. The molecule has 0 aromatic carbocycles. The minimum atomic E-state index is -1.85. The van der Waals surface area contributed by atoms with Gasteiger partial charge < -0.3 is 120 Å². The first kappa shape index (κ1) is 62.8. The Morgan fingerprint density at radius 1 is 0.590 bits per heavy atom. The van der Waals surface area contributed by atoms with E-state index in [0.717, 1.165) is 18.4 Å². The van der Waals surface area contributed by atoms with Gasteiger partial charge in [-0.05, 0) is 99.7 Å². The van der Waals surface area contributed by atoms with Crippen molar-refractivity contribution in [2.75, 3.05) is 26.4 Å². The van der Waals surface area contributed by atoms with E-state index in [9.17, 15) is 81.7 Å². The average molecular weight is 1130 g/mol. The highest BCUT2D eigenvalue weighted by Crippen LogP contribution is 2.75. The summed E-state index contributed by atoms with van der Waals surface area (Å²) in [6.07, 6.45) is -26.9. The van der Waals surface area contributed by atoms with Crippen LogP contribution < -0.4 is 0 Å². The predicted molar refractivity (Wildman–Crippen MR) is 268 cm³/mol. The molecule has 0 aromatic rings. The van der Waals surface area contributed by atoms with Crippen LogP contribution in [-0.2, 0) is 37.9 Å². The number of hydrogen-bond donors (Lipinski definition) is 16. The van der Waals surface area contributed by atoms with E-state index < -0.39 is 184 Å². The second kappa shape index (κ2) is 23.7. The zero-order chi connectivity index (χ0) is 57.5. The van der Waals surface area contributed by atoms with Gasteiger partial charge in [0, 0.05) is 10.8 Å². The third kappa shape index (κ3) is 11.0. The number of aliphatic hydroxyl groups excluding tert-OH is 15. The van der Waals surface area contributed by atoms with Crippen LogP contribution in [0.15, 0.2) is 11.6 Å². The van der Waals surface area contributed by atoms with E-state index in [1.807, 2.05) is 0 Å². The lowest BCUT2D eigenvalue weighted by Gasteiger charge is -2.67. The third-order valence-corrected chi connectivity index (χ3v) is 20.8. The van der Waals surface area contributed by atoms with Crippen molar-refractivity contribution in [2.24, 2.45) is 45.3 Å². The van der Waals surface area contributed by atoms with Crippen molar-refractivity contribution >= 4 is 0 Å². The lowest BCUT2D eigenvalue weighted by molar-refractivity contribution is -0.375. The van der Waals surface area contributed by atoms with Gasteiger partial charge in [0.05, 0.1) is 50.3 Å².